The minimum atomic E-state index is -0.729. The Hall–Kier alpha value is -3.35. The summed E-state index contributed by atoms with van der Waals surface area (Å²) < 4.78 is 5.84. The number of urea groups is 1. The van der Waals surface area contributed by atoms with Gasteiger partial charge in [0.2, 0.25) is 0 Å². The number of furan rings is 1. The highest BCUT2D eigenvalue weighted by Gasteiger charge is 2.51. The maximum Gasteiger partial charge on any atom is 0.335 e. The van der Waals surface area contributed by atoms with Gasteiger partial charge in [0.15, 0.2) is 5.88 Å². The minimum absolute atomic E-state index is 0.125. The maximum absolute atomic E-state index is 13.3. The number of benzene rings is 1. The number of imide groups is 2. The molecular weight excluding hydrogens is 454 g/mol. The summed E-state index contributed by atoms with van der Waals surface area (Å²) >= 11 is 0. The normalized spacial score (nSPS) is 30.3. The van der Waals surface area contributed by atoms with E-state index in [-0.39, 0.29) is 11.0 Å². The average molecular weight is 488 g/mol. The van der Waals surface area contributed by atoms with Crippen molar-refractivity contribution in [1.29, 1.82) is 0 Å². The first-order valence-electron chi connectivity index (χ1n) is 13.3. The lowest BCUT2D eigenvalue weighted by Crippen LogP contribution is -2.54. The summed E-state index contributed by atoms with van der Waals surface area (Å²) in [5.41, 5.74) is 1.90. The topological polar surface area (TPSA) is 82.9 Å². The average Bonchev–Trinajstić information content (AvgIpc) is 3.30. The molecule has 5 fully saturated rings. The van der Waals surface area contributed by atoms with Crippen LogP contribution in [0.3, 0.4) is 0 Å². The third-order valence-corrected chi connectivity index (χ3v) is 8.85. The van der Waals surface area contributed by atoms with Gasteiger partial charge in [-0.3, -0.25) is 14.9 Å². The van der Waals surface area contributed by atoms with E-state index in [1.807, 2.05) is 36.9 Å². The number of nitrogens with one attached hydrogen (secondary N) is 1. The molecule has 2 aromatic rings. The number of nitrogens with zero attached hydrogens (tertiary/aromatic N) is 2. The van der Waals surface area contributed by atoms with Crippen molar-refractivity contribution in [2.75, 3.05) is 22.9 Å². The minimum Gasteiger partial charge on any atom is -0.441 e. The molecule has 4 amide bonds. The van der Waals surface area contributed by atoms with Crippen LogP contribution < -0.4 is 15.1 Å². The van der Waals surface area contributed by atoms with Gasteiger partial charge in [0.1, 0.15) is 11.3 Å². The third kappa shape index (κ3) is 3.76. The number of hydrogen-bond acceptors (Lipinski definition) is 5. The molecule has 1 saturated heterocycles. The molecule has 1 aromatic heterocycles. The molecule has 7 nitrogen and oxygen atoms in total. The highest BCUT2D eigenvalue weighted by atomic mass is 16.4. The monoisotopic (exact) mass is 487 g/mol. The van der Waals surface area contributed by atoms with Crippen LogP contribution in [0.1, 0.15) is 63.7 Å². The van der Waals surface area contributed by atoms with E-state index in [0.29, 0.717) is 17.3 Å². The van der Waals surface area contributed by atoms with E-state index in [0.717, 1.165) is 35.7 Å². The van der Waals surface area contributed by atoms with Gasteiger partial charge in [-0.1, -0.05) is 12.1 Å². The van der Waals surface area contributed by atoms with Gasteiger partial charge in [-0.15, -0.1) is 0 Å². The zero-order chi connectivity index (χ0) is 25.0. The quantitative estimate of drug-likeness (QED) is 0.444. The van der Waals surface area contributed by atoms with Gasteiger partial charge < -0.3 is 9.32 Å². The number of anilines is 2. The summed E-state index contributed by atoms with van der Waals surface area (Å²) in [5.74, 6) is 2.22. The van der Waals surface area contributed by atoms with E-state index < -0.39 is 17.8 Å². The summed E-state index contributed by atoms with van der Waals surface area (Å²) in [6.45, 7) is 5.61. The van der Waals surface area contributed by atoms with Crippen LogP contribution in [0, 0.1) is 17.8 Å². The van der Waals surface area contributed by atoms with Crippen molar-refractivity contribution in [3.63, 3.8) is 0 Å². The number of hydrogen-bond donors (Lipinski definition) is 1. The molecule has 0 radical (unpaired) electrons. The van der Waals surface area contributed by atoms with Crippen molar-refractivity contribution < 1.29 is 18.8 Å². The van der Waals surface area contributed by atoms with Crippen LogP contribution in [0.15, 0.2) is 46.4 Å². The van der Waals surface area contributed by atoms with Gasteiger partial charge in [-0.25, -0.2) is 9.69 Å². The standard InChI is InChI=1S/C29H33N3O4/c1-3-31(4-2)25-10-9-23(36-25)14-24-26(33)30-28(35)32(27(24)34)22-7-5-21(6-8-22)29-15-18-11-19(16-29)13-20(12-18)17-29/h5-10,14,18-20H,3-4,11-13,15-17H2,1-2H3,(H,30,33,35)/b24-14+. The van der Waals surface area contributed by atoms with E-state index in [4.69, 9.17) is 4.42 Å². The van der Waals surface area contributed by atoms with Crippen molar-refractivity contribution in [3.05, 3.63) is 53.3 Å². The highest BCUT2D eigenvalue weighted by Crippen LogP contribution is 2.60. The molecule has 4 saturated carbocycles. The first-order valence-corrected chi connectivity index (χ1v) is 13.3. The Labute approximate surface area is 211 Å². The molecule has 0 unspecified atom stereocenters. The van der Waals surface area contributed by atoms with Gasteiger partial charge in [0.25, 0.3) is 11.8 Å². The predicted octanol–water partition coefficient (Wildman–Crippen LogP) is 5.26. The Balaban J connectivity index is 1.26. The second-order valence-electron chi connectivity index (χ2n) is 11.1. The zero-order valence-corrected chi connectivity index (χ0v) is 21.0. The summed E-state index contributed by atoms with van der Waals surface area (Å²) in [6.07, 6.45) is 9.32. The third-order valence-electron chi connectivity index (χ3n) is 8.85. The molecular formula is C29H33N3O4. The lowest BCUT2D eigenvalue weighted by Gasteiger charge is -2.57. The van der Waals surface area contributed by atoms with Crippen LogP contribution in [0.5, 0.6) is 0 Å². The first kappa shape index (κ1) is 23.1. The lowest BCUT2D eigenvalue weighted by molar-refractivity contribution is -0.122. The SMILES string of the molecule is CCN(CC)c1ccc(/C=C2\C(=O)NC(=O)N(c3ccc(C45CC6CC(CC(C6)C4)C5)cc3)C2=O)o1. The Kier molecular flexibility index (Phi) is 5.54. The number of barbiturate groups is 1. The first-order chi connectivity index (χ1) is 17.4. The van der Waals surface area contributed by atoms with E-state index in [1.54, 1.807) is 6.07 Å². The van der Waals surface area contributed by atoms with E-state index >= 15 is 0 Å². The van der Waals surface area contributed by atoms with Crippen LogP contribution >= 0.6 is 0 Å². The Morgan fingerprint density at radius 3 is 2.14 bits per heavy atom. The van der Waals surface area contributed by atoms with Gasteiger partial charge in [-0.2, -0.15) is 0 Å². The van der Waals surface area contributed by atoms with Crippen LogP contribution in [-0.2, 0) is 15.0 Å². The molecule has 4 bridgehead atoms. The fourth-order valence-corrected chi connectivity index (χ4v) is 7.59. The molecule has 1 aliphatic heterocycles. The maximum atomic E-state index is 13.3. The molecule has 1 N–H and O–H groups in total. The summed E-state index contributed by atoms with van der Waals surface area (Å²) in [7, 11) is 0. The van der Waals surface area contributed by atoms with Crippen LogP contribution in [0.2, 0.25) is 0 Å². The van der Waals surface area contributed by atoms with Gasteiger partial charge in [-0.05, 0) is 105 Å². The van der Waals surface area contributed by atoms with E-state index in [1.165, 1.54) is 50.2 Å². The molecule has 7 rings (SSSR count). The molecule has 0 atom stereocenters. The number of carbonyl (C=O) groups is 3. The smallest absolute Gasteiger partial charge is 0.335 e. The van der Waals surface area contributed by atoms with Crippen LogP contribution in [-0.4, -0.2) is 30.9 Å². The second-order valence-corrected chi connectivity index (χ2v) is 11.1. The number of rotatable bonds is 6. The largest absolute Gasteiger partial charge is 0.441 e. The molecule has 7 heteroatoms. The zero-order valence-electron chi connectivity index (χ0n) is 21.0. The molecule has 5 aliphatic rings. The van der Waals surface area contributed by atoms with Crippen LogP contribution in [0.25, 0.3) is 6.08 Å². The van der Waals surface area contributed by atoms with E-state index in [2.05, 4.69) is 17.4 Å². The van der Waals surface area contributed by atoms with Crippen molar-refractivity contribution in [2.45, 2.75) is 57.8 Å². The van der Waals surface area contributed by atoms with Crippen molar-refractivity contribution >= 4 is 35.5 Å². The molecule has 188 valence electrons. The Morgan fingerprint density at radius 2 is 1.56 bits per heavy atom. The fraction of sp³-hybridized carbons (Fsp3) is 0.483. The van der Waals surface area contributed by atoms with Gasteiger partial charge in [0, 0.05) is 19.2 Å². The second kappa shape index (κ2) is 8.64. The number of carbonyl (C=O) groups excluding carboxylic acids is 3. The molecule has 4 aliphatic carbocycles. The van der Waals surface area contributed by atoms with Gasteiger partial charge >= 0.3 is 6.03 Å². The molecule has 2 heterocycles. The highest BCUT2D eigenvalue weighted by molar-refractivity contribution is 6.39. The Bertz CT molecular complexity index is 1200. The summed E-state index contributed by atoms with van der Waals surface area (Å²) in [6, 6.07) is 10.7. The number of amides is 4. The van der Waals surface area contributed by atoms with Crippen molar-refractivity contribution in [1.82, 2.24) is 5.32 Å². The van der Waals surface area contributed by atoms with Crippen LogP contribution in [0.4, 0.5) is 16.4 Å². The van der Waals surface area contributed by atoms with E-state index in [9.17, 15) is 14.4 Å². The summed E-state index contributed by atoms with van der Waals surface area (Å²) in [5, 5.41) is 2.31. The molecule has 0 spiro atoms. The van der Waals surface area contributed by atoms with Crippen molar-refractivity contribution in [2.24, 2.45) is 17.8 Å². The Morgan fingerprint density at radius 1 is 0.944 bits per heavy atom. The molecule has 1 aromatic carbocycles. The fourth-order valence-electron chi connectivity index (χ4n) is 7.59. The predicted molar refractivity (Wildman–Crippen MR) is 138 cm³/mol. The summed E-state index contributed by atoms with van der Waals surface area (Å²) in [4.78, 5) is 41.7. The van der Waals surface area contributed by atoms with Crippen molar-refractivity contribution in [3.8, 4) is 0 Å². The lowest BCUT2D eigenvalue weighted by atomic mass is 9.48. The molecule has 36 heavy (non-hydrogen) atoms. The van der Waals surface area contributed by atoms with Gasteiger partial charge in [0.05, 0.1) is 5.69 Å².